The monoisotopic (exact) mass is 442 g/mol. The Morgan fingerprint density at radius 3 is 1.60 bits per heavy atom. The maximum absolute atomic E-state index is 11.9. The number of fused-ring (bicyclic) bond motifs is 2. The van der Waals surface area contributed by atoms with Gasteiger partial charge in [-0.2, -0.15) is 0 Å². The summed E-state index contributed by atoms with van der Waals surface area (Å²) in [6.07, 6.45) is 0. The molecule has 2 amide bonds. The molecular formula is C20H18N4O4S2. The molecule has 4 aromatic rings. The number of aromatic nitrogens is 2. The third kappa shape index (κ3) is 5.33. The number of thioether (sulfide) groups is 2. The highest BCUT2D eigenvalue weighted by molar-refractivity contribution is 8.00. The molecule has 0 saturated heterocycles. The maximum atomic E-state index is 11.9. The second-order valence-corrected chi connectivity index (χ2v) is 8.03. The van der Waals surface area contributed by atoms with E-state index in [1.54, 1.807) is 0 Å². The molecular weight excluding hydrogens is 424 g/mol. The van der Waals surface area contributed by atoms with Gasteiger partial charge in [0.05, 0.1) is 11.5 Å². The first kappa shape index (κ1) is 20.3. The van der Waals surface area contributed by atoms with Crippen molar-refractivity contribution in [2.24, 2.45) is 0 Å². The molecule has 0 atom stereocenters. The van der Waals surface area contributed by atoms with Crippen LogP contribution in [-0.2, 0) is 9.59 Å². The number of carbonyl (C=O) groups is 2. The summed E-state index contributed by atoms with van der Waals surface area (Å²) in [5.41, 5.74) is 2.91. The number of hydrogen-bond donors (Lipinski definition) is 2. The first-order chi connectivity index (χ1) is 14.7. The molecule has 2 aromatic heterocycles. The van der Waals surface area contributed by atoms with Crippen molar-refractivity contribution in [2.45, 2.75) is 10.4 Å². The molecule has 4 rings (SSSR count). The minimum Gasteiger partial charge on any atom is -0.431 e. The van der Waals surface area contributed by atoms with Crippen LogP contribution >= 0.6 is 23.5 Å². The van der Waals surface area contributed by atoms with Gasteiger partial charge >= 0.3 is 0 Å². The molecule has 0 aliphatic heterocycles. The van der Waals surface area contributed by atoms with Crippen molar-refractivity contribution in [1.29, 1.82) is 0 Å². The third-order valence-electron chi connectivity index (χ3n) is 3.97. The first-order valence-electron chi connectivity index (χ1n) is 9.17. The number of para-hydroxylation sites is 4. The first-order valence-corrected chi connectivity index (χ1v) is 11.1. The van der Waals surface area contributed by atoms with Gasteiger partial charge in [0.1, 0.15) is 11.0 Å². The fourth-order valence-corrected chi connectivity index (χ4v) is 3.92. The smallest absolute Gasteiger partial charge is 0.257 e. The van der Waals surface area contributed by atoms with E-state index in [-0.39, 0.29) is 23.3 Å². The van der Waals surface area contributed by atoms with Crippen LogP contribution in [-0.4, -0.2) is 46.4 Å². The highest BCUT2D eigenvalue weighted by Crippen LogP contribution is 2.23. The van der Waals surface area contributed by atoms with Gasteiger partial charge in [-0.25, -0.2) is 9.97 Å². The summed E-state index contributed by atoms with van der Waals surface area (Å²) in [7, 11) is 0. The Kier molecular flexibility index (Phi) is 6.55. The number of benzene rings is 2. The van der Waals surface area contributed by atoms with Gasteiger partial charge < -0.3 is 19.5 Å². The topological polar surface area (TPSA) is 110 Å². The zero-order valence-electron chi connectivity index (χ0n) is 15.8. The lowest BCUT2D eigenvalue weighted by Gasteiger charge is -2.06. The van der Waals surface area contributed by atoms with Crippen molar-refractivity contribution in [3.8, 4) is 0 Å². The van der Waals surface area contributed by atoms with Gasteiger partial charge in [0.25, 0.3) is 10.4 Å². The molecule has 0 unspecified atom stereocenters. The van der Waals surface area contributed by atoms with Crippen LogP contribution in [0.5, 0.6) is 0 Å². The highest BCUT2D eigenvalue weighted by atomic mass is 32.2. The molecule has 0 spiro atoms. The Bertz CT molecular complexity index is 1020. The second kappa shape index (κ2) is 9.68. The molecule has 0 fully saturated rings. The highest BCUT2D eigenvalue weighted by Gasteiger charge is 2.10. The predicted molar refractivity (Wildman–Crippen MR) is 115 cm³/mol. The van der Waals surface area contributed by atoms with Crippen LogP contribution in [0, 0.1) is 0 Å². The normalized spacial score (nSPS) is 11.1. The maximum Gasteiger partial charge on any atom is 0.257 e. The van der Waals surface area contributed by atoms with Crippen molar-refractivity contribution in [3.05, 3.63) is 48.5 Å². The lowest BCUT2D eigenvalue weighted by Crippen LogP contribution is -2.36. The summed E-state index contributed by atoms with van der Waals surface area (Å²) in [4.78, 5) is 32.5. The minimum atomic E-state index is -0.155. The van der Waals surface area contributed by atoms with Crippen LogP contribution < -0.4 is 10.6 Å². The van der Waals surface area contributed by atoms with E-state index in [1.807, 2.05) is 48.5 Å². The van der Waals surface area contributed by atoms with Gasteiger partial charge in [0, 0.05) is 13.1 Å². The molecule has 2 heterocycles. The third-order valence-corrected chi connectivity index (χ3v) is 5.63. The standard InChI is InChI=1S/C20H18N4O4S2/c25-17(11-29-19-23-13-5-1-3-7-15(13)27-19)21-9-10-22-18(26)12-30-20-24-14-6-2-4-8-16(14)28-20/h1-8H,9-12H2,(H,21,25)(H,22,26). The van der Waals surface area contributed by atoms with Gasteiger partial charge in [0.15, 0.2) is 11.2 Å². The zero-order chi connectivity index (χ0) is 20.8. The van der Waals surface area contributed by atoms with Crippen LogP contribution in [0.15, 0.2) is 67.8 Å². The summed E-state index contributed by atoms with van der Waals surface area (Å²) >= 11 is 2.46. The average Bonchev–Trinajstić information content (AvgIpc) is 3.37. The van der Waals surface area contributed by atoms with Crippen LogP contribution in [0.4, 0.5) is 0 Å². The fourth-order valence-electron chi connectivity index (χ4n) is 2.59. The second-order valence-electron chi connectivity index (χ2n) is 6.17. The summed E-state index contributed by atoms with van der Waals surface area (Å²) in [5, 5.41) is 6.41. The number of oxazole rings is 2. The van der Waals surface area contributed by atoms with Crippen LogP contribution in [0.3, 0.4) is 0 Å². The Balaban J connectivity index is 1.11. The Labute approximate surface area is 180 Å². The van der Waals surface area contributed by atoms with Gasteiger partial charge in [0.2, 0.25) is 11.8 Å². The molecule has 0 radical (unpaired) electrons. The van der Waals surface area contributed by atoms with Crippen LogP contribution in [0.25, 0.3) is 22.2 Å². The van der Waals surface area contributed by atoms with E-state index in [4.69, 9.17) is 8.83 Å². The lowest BCUT2D eigenvalue weighted by molar-refractivity contribution is -0.120. The Morgan fingerprint density at radius 1 is 0.733 bits per heavy atom. The van der Waals surface area contributed by atoms with Crippen molar-refractivity contribution >= 4 is 57.5 Å². The van der Waals surface area contributed by atoms with Gasteiger partial charge in [-0.3, -0.25) is 9.59 Å². The number of hydrogen-bond acceptors (Lipinski definition) is 8. The Hall–Kier alpha value is -2.98. The average molecular weight is 443 g/mol. The van der Waals surface area contributed by atoms with Crippen molar-refractivity contribution in [1.82, 2.24) is 20.6 Å². The Morgan fingerprint density at radius 2 is 1.17 bits per heavy atom. The number of amides is 2. The summed E-state index contributed by atoms with van der Waals surface area (Å²) in [6.45, 7) is 0.679. The summed E-state index contributed by atoms with van der Waals surface area (Å²) in [5.74, 6) is 0.0672. The summed E-state index contributed by atoms with van der Waals surface area (Å²) < 4.78 is 11.1. The van der Waals surface area contributed by atoms with Gasteiger partial charge in [-0.05, 0) is 24.3 Å². The quantitative estimate of drug-likeness (QED) is 0.301. The fraction of sp³-hybridized carbons (Fsp3) is 0.200. The molecule has 2 N–H and O–H groups in total. The molecule has 0 aliphatic rings. The van der Waals surface area contributed by atoms with Crippen molar-refractivity contribution in [3.63, 3.8) is 0 Å². The molecule has 0 aliphatic carbocycles. The number of rotatable bonds is 9. The lowest BCUT2D eigenvalue weighted by atomic mass is 10.3. The largest absolute Gasteiger partial charge is 0.431 e. The van der Waals surface area contributed by atoms with E-state index in [0.29, 0.717) is 34.7 Å². The summed E-state index contributed by atoms with van der Waals surface area (Å²) in [6, 6.07) is 14.9. The van der Waals surface area contributed by atoms with Crippen LogP contribution in [0.2, 0.25) is 0 Å². The van der Waals surface area contributed by atoms with E-state index >= 15 is 0 Å². The molecule has 154 valence electrons. The van der Waals surface area contributed by atoms with E-state index < -0.39 is 0 Å². The van der Waals surface area contributed by atoms with Gasteiger partial charge in [-0.15, -0.1) is 0 Å². The predicted octanol–water partition coefficient (Wildman–Crippen LogP) is 3.09. The molecule has 0 bridgehead atoms. The van der Waals surface area contributed by atoms with E-state index in [0.717, 1.165) is 11.0 Å². The molecule has 2 aromatic carbocycles. The molecule has 30 heavy (non-hydrogen) atoms. The van der Waals surface area contributed by atoms with Crippen molar-refractivity contribution < 1.29 is 18.4 Å². The SMILES string of the molecule is O=C(CSc1nc2ccccc2o1)NCCNC(=O)CSc1nc2ccccc2o1. The van der Waals surface area contributed by atoms with E-state index in [9.17, 15) is 9.59 Å². The van der Waals surface area contributed by atoms with Crippen LogP contribution in [0.1, 0.15) is 0 Å². The zero-order valence-corrected chi connectivity index (χ0v) is 17.4. The van der Waals surface area contributed by atoms with Gasteiger partial charge in [-0.1, -0.05) is 47.8 Å². The van der Waals surface area contributed by atoms with Crippen molar-refractivity contribution in [2.75, 3.05) is 24.6 Å². The number of nitrogens with zero attached hydrogens (tertiary/aromatic N) is 2. The molecule has 10 heteroatoms. The van der Waals surface area contributed by atoms with E-state index in [1.165, 1.54) is 23.5 Å². The number of carbonyl (C=O) groups excluding carboxylic acids is 2. The molecule has 0 saturated carbocycles. The van der Waals surface area contributed by atoms with E-state index in [2.05, 4.69) is 20.6 Å². The minimum absolute atomic E-state index is 0.155. The molecule has 8 nitrogen and oxygen atoms in total. The number of nitrogens with one attached hydrogen (secondary N) is 2.